The average molecular weight is 318 g/mol. The molecule has 1 aromatic carbocycles. The average Bonchev–Trinajstić information content (AvgIpc) is 3.07. The first-order chi connectivity index (χ1) is 11.1. The lowest BCUT2D eigenvalue weighted by atomic mass is 10.1. The lowest BCUT2D eigenvalue weighted by Crippen LogP contribution is -2.42. The van der Waals surface area contributed by atoms with Crippen LogP contribution < -0.4 is 5.32 Å². The summed E-state index contributed by atoms with van der Waals surface area (Å²) in [6.07, 6.45) is 1.02. The normalized spacial score (nSPS) is 12.0. The maximum absolute atomic E-state index is 12.0. The summed E-state index contributed by atoms with van der Waals surface area (Å²) in [7, 11) is 3.14. The maximum atomic E-state index is 12.0. The summed E-state index contributed by atoms with van der Waals surface area (Å²) >= 11 is 0. The molecule has 1 aromatic heterocycles. The van der Waals surface area contributed by atoms with Crippen molar-refractivity contribution in [2.75, 3.05) is 27.3 Å². The van der Waals surface area contributed by atoms with E-state index in [2.05, 4.69) is 15.5 Å². The van der Waals surface area contributed by atoms with Gasteiger partial charge in [0.15, 0.2) is 0 Å². The number of aliphatic hydroxyl groups is 1. The third-order valence-electron chi connectivity index (χ3n) is 3.40. The summed E-state index contributed by atoms with van der Waals surface area (Å²) in [6.45, 7) is 0.845. The van der Waals surface area contributed by atoms with Crippen molar-refractivity contribution in [3.63, 3.8) is 0 Å². The van der Waals surface area contributed by atoms with Gasteiger partial charge in [-0.25, -0.2) is 4.79 Å². The number of likely N-dealkylation sites (N-methyl/N-ethyl adjacent to an activating group) is 1. The van der Waals surface area contributed by atoms with Crippen LogP contribution in [0.2, 0.25) is 0 Å². The van der Waals surface area contributed by atoms with Crippen molar-refractivity contribution in [2.24, 2.45) is 0 Å². The number of hydrogen-bond donors (Lipinski definition) is 3. The molecule has 0 aliphatic rings. The molecule has 0 radical (unpaired) electrons. The van der Waals surface area contributed by atoms with E-state index in [4.69, 9.17) is 4.74 Å². The van der Waals surface area contributed by atoms with Gasteiger partial charge in [0, 0.05) is 26.9 Å². The van der Waals surface area contributed by atoms with Gasteiger partial charge in [-0.3, -0.25) is 5.10 Å². The lowest BCUT2D eigenvalue weighted by Gasteiger charge is -2.21. The molecule has 2 amide bonds. The minimum absolute atomic E-state index is 0.201. The third-order valence-corrected chi connectivity index (χ3v) is 3.40. The number of ether oxygens (including phenoxy) is 1. The summed E-state index contributed by atoms with van der Waals surface area (Å²) in [5.74, 6) is 0. The van der Waals surface area contributed by atoms with Gasteiger partial charge in [0.05, 0.1) is 24.9 Å². The van der Waals surface area contributed by atoms with E-state index < -0.39 is 6.10 Å². The van der Waals surface area contributed by atoms with Gasteiger partial charge in [-0.05, 0) is 17.2 Å². The Kier molecular flexibility index (Phi) is 6.13. The molecule has 7 nitrogen and oxygen atoms in total. The number of hydrogen-bond acceptors (Lipinski definition) is 4. The van der Waals surface area contributed by atoms with E-state index in [9.17, 15) is 9.90 Å². The van der Waals surface area contributed by atoms with Crippen LogP contribution in [0.4, 0.5) is 4.79 Å². The Labute approximate surface area is 135 Å². The first-order valence-electron chi connectivity index (χ1n) is 7.35. The van der Waals surface area contributed by atoms with E-state index >= 15 is 0 Å². The van der Waals surface area contributed by atoms with Gasteiger partial charge in [-0.1, -0.05) is 24.3 Å². The molecule has 0 bridgehead atoms. The predicted molar refractivity (Wildman–Crippen MR) is 86.8 cm³/mol. The Morgan fingerprint density at radius 3 is 2.74 bits per heavy atom. The molecule has 0 spiro atoms. The van der Waals surface area contributed by atoms with Crippen molar-refractivity contribution in [1.82, 2.24) is 20.4 Å². The summed E-state index contributed by atoms with van der Waals surface area (Å²) in [4.78, 5) is 13.4. The van der Waals surface area contributed by atoms with Crippen molar-refractivity contribution >= 4 is 6.03 Å². The number of aromatic amines is 1. The number of carbonyl (C=O) groups excluding carboxylic acids is 1. The van der Waals surface area contributed by atoms with Crippen LogP contribution in [0.3, 0.4) is 0 Å². The standard InChI is InChI=1S/C16H22N4O3/c1-20(10-14(21)11-23-2)16(22)17-9-12-3-5-13(6-4-12)15-7-8-18-19-15/h3-8,14,21H,9-11H2,1-2H3,(H,17,22)(H,18,19)/t14-/m1/s1. The van der Waals surface area contributed by atoms with Gasteiger partial charge in [0.2, 0.25) is 0 Å². The van der Waals surface area contributed by atoms with Gasteiger partial charge >= 0.3 is 6.03 Å². The molecule has 1 heterocycles. The number of carbonyl (C=O) groups is 1. The third kappa shape index (κ3) is 5.08. The van der Waals surface area contributed by atoms with Crippen molar-refractivity contribution in [1.29, 1.82) is 0 Å². The molecule has 1 atom stereocenters. The fraction of sp³-hybridized carbons (Fsp3) is 0.375. The second-order valence-corrected chi connectivity index (χ2v) is 5.32. The number of aromatic nitrogens is 2. The van der Waals surface area contributed by atoms with Crippen molar-refractivity contribution < 1.29 is 14.6 Å². The largest absolute Gasteiger partial charge is 0.389 e. The molecule has 23 heavy (non-hydrogen) atoms. The van der Waals surface area contributed by atoms with Crippen molar-refractivity contribution in [2.45, 2.75) is 12.6 Å². The quantitative estimate of drug-likeness (QED) is 0.716. The summed E-state index contributed by atoms with van der Waals surface area (Å²) < 4.78 is 4.84. The first kappa shape index (κ1) is 17.0. The van der Waals surface area contributed by atoms with Crippen LogP contribution in [-0.2, 0) is 11.3 Å². The van der Waals surface area contributed by atoms with E-state index in [1.807, 2.05) is 30.3 Å². The molecule has 3 N–H and O–H groups in total. The van der Waals surface area contributed by atoms with Crippen LogP contribution in [0.25, 0.3) is 11.3 Å². The number of H-pyrrole nitrogens is 1. The van der Waals surface area contributed by atoms with Crippen LogP contribution in [0, 0.1) is 0 Å². The molecule has 0 fully saturated rings. The Hall–Kier alpha value is -2.38. The highest BCUT2D eigenvalue weighted by Crippen LogP contribution is 2.16. The number of nitrogens with one attached hydrogen (secondary N) is 2. The fourth-order valence-electron chi connectivity index (χ4n) is 2.18. The molecule has 0 unspecified atom stereocenters. The number of rotatable bonds is 7. The molecule has 2 aromatic rings. The van der Waals surface area contributed by atoms with Crippen LogP contribution >= 0.6 is 0 Å². The Balaban J connectivity index is 1.82. The van der Waals surface area contributed by atoms with E-state index in [-0.39, 0.29) is 19.2 Å². The summed E-state index contributed by atoms with van der Waals surface area (Å²) in [5, 5.41) is 19.3. The number of nitrogens with zero attached hydrogens (tertiary/aromatic N) is 2. The number of aliphatic hydroxyl groups excluding tert-OH is 1. The highest BCUT2D eigenvalue weighted by Gasteiger charge is 2.13. The summed E-state index contributed by atoms with van der Waals surface area (Å²) in [5.41, 5.74) is 2.98. The molecular weight excluding hydrogens is 296 g/mol. The summed E-state index contributed by atoms with van der Waals surface area (Å²) in [6, 6.07) is 9.52. The van der Waals surface area contributed by atoms with Crippen LogP contribution in [-0.4, -0.2) is 59.6 Å². The van der Waals surface area contributed by atoms with Crippen LogP contribution in [0.1, 0.15) is 5.56 Å². The lowest BCUT2D eigenvalue weighted by molar-refractivity contribution is 0.0489. The molecular formula is C16H22N4O3. The predicted octanol–water partition coefficient (Wildman–Crippen LogP) is 1.23. The minimum atomic E-state index is -0.690. The van der Waals surface area contributed by atoms with Crippen molar-refractivity contribution in [3.05, 3.63) is 42.1 Å². The molecule has 0 saturated heterocycles. The van der Waals surface area contributed by atoms with E-state index in [1.165, 1.54) is 12.0 Å². The number of urea groups is 1. The molecule has 0 aliphatic heterocycles. The van der Waals surface area contributed by atoms with Gasteiger partial charge < -0.3 is 20.1 Å². The Bertz CT molecular complexity index is 598. The van der Waals surface area contributed by atoms with Crippen LogP contribution in [0.5, 0.6) is 0 Å². The second-order valence-electron chi connectivity index (χ2n) is 5.32. The van der Waals surface area contributed by atoms with Gasteiger partial charge in [-0.2, -0.15) is 5.10 Å². The molecule has 124 valence electrons. The van der Waals surface area contributed by atoms with Crippen LogP contribution in [0.15, 0.2) is 36.5 Å². The smallest absolute Gasteiger partial charge is 0.317 e. The number of methoxy groups -OCH3 is 1. The van der Waals surface area contributed by atoms with Crippen molar-refractivity contribution in [3.8, 4) is 11.3 Å². The second kappa shape index (κ2) is 8.30. The topological polar surface area (TPSA) is 90.5 Å². The number of amides is 2. The van der Waals surface area contributed by atoms with E-state index in [1.54, 1.807) is 13.2 Å². The maximum Gasteiger partial charge on any atom is 0.317 e. The zero-order valence-corrected chi connectivity index (χ0v) is 13.3. The first-order valence-corrected chi connectivity index (χ1v) is 7.35. The molecule has 0 saturated carbocycles. The van der Waals surface area contributed by atoms with E-state index in [0.29, 0.717) is 6.54 Å². The van der Waals surface area contributed by atoms with Gasteiger partial charge in [0.1, 0.15) is 0 Å². The van der Waals surface area contributed by atoms with E-state index in [0.717, 1.165) is 16.8 Å². The zero-order chi connectivity index (χ0) is 16.7. The molecule has 7 heteroatoms. The molecule has 2 rings (SSSR count). The SMILES string of the molecule is COC[C@H](O)CN(C)C(=O)NCc1ccc(-c2ccn[nH]2)cc1. The fourth-order valence-corrected chi connectivity index (χ4v) is 2.18. The highest BCUT2D eigenvalue weighted by molar-refractivity contribution is 5.73. The van der Waals surface area contributed by atoms with Gasteiger partial charge in [0.25, 0.3) is 0 Å². The Morgan fingerprint density at radius 1 is 1.39 bits per heavy atom. The zero-order valence-electron chi connectivity index (χ0n) is 13.3. The monoisotopic (exact) mass is 318 g/mol. The highest BCUT2D eigenvalue weighted by atomic mass is 16.5. The Morgan fingerprint density at radius 2 is 2.13 bits per heavy atom. The molecule has 0 aliphatic carbocycles. The minimum Gasteiger partial charge on any atom is -0.389 e. The number of benzene rings is 1. The van der Waals surface area contributed by atoms with Gasteiger partial charge in [-0.15, -0.1) is 0 Å².